The summed E-state index contributed by atoms with van der Waals surface area (Å²) in [6.07, 6.45) is 0.394. The van der Waals surface area contributed by atoms with Crippen LogP contribution in [0.4, 0.5) is 8.78 Å². The molecule has 8 heteroatoms. The molecule has 1 fully saturated rings. The first kappa shape index (κ1) is 17.1. The Labute approximate surface area is 140 Å². The highest BCUT2D eigenvalue weighted by atomic mass is 19.2. The molecule has 0 bridgehead atoms. The van der Waals surface area contributed by atoms with Crippen LogP contribution in [-0.4, -0.2) is 26.5 Å². The van der Waals surface area contributed by atoms with Gasteiger partial charge in [0.2, 0.25) is 0 Å². The fraction of sp³-hybridized carbons (Fsp3) is 0.353. The molecule has 6 nitrogen and oxygen atoms in total. The molecule has 3 rings (SSSR count). The normalized spacial score (nSPS) is 14.0. The Morgan fingerprint density at radius 3 is 2.44 bits per heavy atom. The van der Waals surface area contributed by atoms with E-state index in [2.05, 4.69) is 0 Å². The van der Waals surface area contributed by atoms with Gasteiger partial charge in [-0.2, -0.15) is 0 Å². The molecule has 2 N–H and O–H groups in total. The highest BCUT2D eigenvalue weighted by Crippen LogP contribution is 2.44. The summed E-state index contributed by atoms with van der Waals surface area (Å²) in [5.41, 5.74) is -1.94. The molecule has 0 saturated heterocycles. The van der Waals surface area contributed by atoms with Crippen LogP contribution in [0.3, 0.4) is 0 Å². The van der Waals surface area contributed by atoms with Crippen molar-refractivity contribution in [1.82, 2.24) is 4.57 Å². The lowest BCUT2D eigenvalue weighted by atomic mass is 10.00. The number of carbonyl (C=O) groups is 2. The zero-order chi connectivity index (χ0) is 18.5. The summed E-state index contributed by atoms with van der Waals surface area (Å²) in [5.74, 6) is -5.29. The summed E-state index contributed by atoms with van der Waals surface area (Å²) >= 11 is 0. The van der Waals surface area contributed by atoms with Gasteiger partial charge < -0.3 is 14.8 Å². The number of fused-ring (bicyclic) bond motifs is 1. The number of aromatic nitrogens is 1. The van der Waals surface area contributed by atoms with E-state index in [1.807, 2.05) is 0 Å². The molecule has 0 aliphatic heterocycles. The topological polar surface area (TPSA) is 96.6 Å². The molecule has 1 aromatic carbocycles. The number of aliphatic carboxylic acids is 1. The van der Waals surface area contributed by atoms with Crippen molar-refractivity contribution in [2.45, 2.75) is 31.6 Å². The standard InChI is InChI=1S/C17H15F2NO5/c1-20-15-9(6-8(7-2-3-7)13(18)14(15)19)16(24)12(17(20)25)10(21)4-5-11(22)23/h6-7,24H,2-5H2,1H3,(H,22,23). The van der Waals surface area contributed by atoms with Crippen molar-refractivity contribution in [3.05, 3.63) is 39.2 Å². The van der Waals surface area contributed by atoms with Gasteiger partial charge in [-0.3, -0.25) is 14.4 Å². The number of rotatable bonds is 5. The van der Waals surface area contributed by atoms with Crippen LogP contribution in [0.25, 0.3) is 10.9 Å². The molecule has 0 unspecified atom stereocenters. The molecule has 0 amide bonds. The number of hydrogen-bond acceptors (Lipinski definition) is 4. The summed E-state index contributed by atoms with van der Waals surface area (Å²) in [6, 6.07) is 1.26. The predicted octanol–water partition coefficient (Wildman–Crippen LogP) is 2.45. The van der Waals surface area contributed by atoms with E-state index in [0.29, 0.717) is 12.8 Å². The highest BCUT2D eigenvalue weighted by Gasteiger charge is 2.31. The van der Waals surface area contributed by atoms with Crippen LogP contribution in [0.1, 0.15) is 47.5 Å². The third-order valence-corrected chi connectivity index (χ3v) is 4.42. The average Bonchev–Trinajstić information content (AvgIpc) is 3.38. The summed E-state index contributed by atoms with van der Waals surface area (Å²) in [7, 11) is 1.16. The number of benzene rings is 1. The van der Waals surface area contributed by atoms with Crippen molar-refractivity contribution in [1.29, 1.82) is 0 Å². The molecule has 25 heavy (non-hydrogen) atoms. The quantitative estimate of drug-likeness (QED) is 0.807. The van der Waals surface area contributed by atoms with Crippen LogP contribution in [0.5, 0.6) is 5.75 Å². The molecular weight excluding hydrogens is 336 g/mol. The minimum absolute atomic E-state index is 0.0999. The van der Waals surface area contributed by atoms with E-state index in [1.54, 1.807) is 0 Å². The smallest absolute Gasteiger partial charge is 0.303 e. The lowest BCUT2D eigenvalue weighted by molar-refractivity contribution is -0.136. The van der Waals surface area contributed by atoms with Crippen molar-refractivity contribution in [3.8, 4) is 5.75 Å². The maximum atomic E-state index is 14.4. The van der Waals surface area contributed by atoms with E-state index in [9.17, 15) is 28.3 Å². The lowest BCUT2D eigenvalue weighted by Gasteiger charge is -2.14. The van der Waals surface area contributed by atoms with E-state index < -0.39 is 58.6 Å². The van der Waals surface area contributed by atoms with Gasteiger partial charge in [-0.25, -0.2) is 8.78 Å². The number of hydrogen-bond donors (Lipinski definition) is 2. The Morgan fingerprint density at radius 2 is 1.88 bits per heavy atom. The molecule has 1 heterocycles. The molecule has 1 aromatic heterocycles. The summed E-state index contributed by atoms with van der Waals surface area (Å²) in [5, 5.41) is 18.9. The number of Topliss-reactive ketones (excluding diaryl/α,β-unsaturated/α-hetero) is 1. The molecule has 2 aromatic rings. The van der Waals surface area contributed by atoms with Gasteiger partial charge in [-0.15, -0.1) is 0 Å². The SMILES string of the molecule is Cn1c(=O)c(C(=O)CCC(=O)O)c(O)c2cc(C3CC3)c(F)c(F)c21. The molecular formula is C17H15F2NO5. The Morgan fingerprint density at radius 1 is 1.24 bits per heavy atom. The largest absolute Gasteiger partial charge is 0.506 e. The number of aromatic hydroxyl groups is 1. The third kappa shape index (κ3) is 2.77. The van der Waals surface area contributed by atoms with Gasteiger partial charge >= 0.3 is 5.97 Å². The molecule has 1 saturated carbocycles. The van der Waals surface area contributed by atoms with Gasteiger partial charge in [0.1, 0.15) is 11.3 Å². The van der Waals surface area contributed by atoms with Gasteiger partial charge in [-0.05, 0) is 30.4 Å². The molecule has 1 aliphatic rings. The third-order valence-electron chi connectivity index (χ3n) is 4.42. The second-order valence-corrected chi connectivity index (χ2v) is 6.17. The first-order chi connectivity index (χ1) is 11.7. The number of carboxylic acid groups (broad SMARTS) is 1. The number of ketones is 1. The molecule has 0 spiro atoms. The number of carbonyl (C=O) groups excluding carboxylic acids is 1. The van der Waals surface area contributed by atoms with E-state index in [-0.39, 0.29) is 16.9 Å². The fourth-order valence-electron chi connectivity index (χ4n) is 2.94. The molecule has 1 aliphatic carbocycles. The zero-order valence-electron chi connectivity index (χ0n) is 13.3. The Hall–Kier alpha value is -2.77. The number of aryl methyl sites for hydroxylation is 1. The predicted molar refractivity (Wildman–Crippen MR) is 83.9 cm³/mol. The second kappa shape index (κ2) is 5.94. The van der Waals surface area contributed by atoms with Gasteiger partial charge in [0.05, 0.1) is 11.9 Å². The van der Waals surface area contributed by atoms with Crippen LogP contribution in [-0.2, 0) is 11.8 Å². The van der Waals surface area contributed by atoms with Gasteiger partial charge in [0.25, 0.3) is 5.56 Å². The Bertz CT molecular complexity index is 976. The molecule has 0 atom stereocenters. The molecule has 0 radical (unpaired) electrons. The van der Waals surface area contributed by atoms with Crippen molar-refractivity contribution >= 4 is 22.7 Å². The lowest BCUT2D eigenvalue weighted by Crippen LogP contribution is -2.26. The van der Waals surface area contributed by atoms with Crippen LogP contribution in [0.15, 0.2) is 10.9 Å². The maximum Gasteiger partial charge on any atom is 0.303 e. The Kier molecular flexibility index (Phi) is 4.06. The van der Waals surface area contributed by atoms with Gasteiger partial charge in [-0.1, -0.05) is 0 Å². The van der Waals surface area contributed by atoms with E-state index in [0.717, 1.165) is 11.6 Å². The molecule has 132 valence electrons. The van der Waals surface area contributed by atoms with Crippen LogP contribution < -0.4 is 5.56 Å². The van der Waals surface area contributed by atoms with Gasteiger partial charge in [0, 0.05) is 18.9 Å². The average molecular weight is 351 g/mol. The number of halogens is 2. The fourth-order valence-corrected chi connectivity index (χ4v) is 2.94. The zero-order valence-corrected chi connectivity index (χ0v) is 13.3. The monoisotopic (exact) mass is 351 g/mol. The first-order valence-electron chi connectivity index (χ1n) is 7.72. The maximum absolute atomic E-state index is 14.4. The number of nitrogens with zero attached hydrogens (tertiary/aromatic N) is 1. The number of carboxylic acids is 1. The van der Waals surface area contributed by atoms with Gasteiger partial charge in [0.15, 0.2) is 17.4 Å². The second-order valence-electron chi connectivity index (χ2n) is 6.17. The van der Waals surface area contributed by atoms with Crippen molar-refractivity contribution in [2.24, 2.45) is 7.05 Å². The number of pyridine rings is 1. The highest BCUT2D eigenvalue weighted by molar-refractivity contribution is 6.04. The van der Waals surface area contributed by atoms with E-state index in [4.69, 9.17) is 5.11 Å². The minimum Gasteiger partial charge on any atom is -0.506 e. The summed E-state index contributed by atoms with van der Waals surface area (Å²) in [4.78, 5) is 35.1. The van der Waals surface area contributed by atoms with Crippen LogP contribution >= 0.6 is 0 Å². The summed E-state index contributed by atoms with van der Waals surface area (Å²) < 4.78 is 29.4. The Balaban J connectivity index is 2.27. The summed E-state index contributed by atoms with van der Waals surface area (Å²) in [6.45, 7) is 0. The van der Waals surface area contributed by atoms with E-state index >= 15 is 0 Å². The van der Waals surface area contributed by atoms with Crippen LogP contribution in [0.2, 0.25) is 0 Å². The minimum atomic E-state index is -1.25. The van der Waals surface area contributed by atoms with Crippen molar-refractivity contribution in [2.75, 3.05) is 0 Å². The van der Waals surface area contributed by atoms with Crippen LogP contribution in [0, 0.1) is 11.6 Å². The van der Waals surface area contributed by atoms with Crippen molar-refractivity contribution < 1.29 is 28.6 Å². The van der Waals surface area contributed by atoms with Crippen molar-refractivity contribution in [3.63, 3.8) is 0 Å². The van der Waals surface area contributed by atoms with E-state index in [1.165, 1.54) is 6.07 Å². The first-order valence-corrected chi connectivity index (χ1v) is 7.72.